The van der Waals surface area contributed by atoms with Crippen LogP contribution in [0.2, 0.25) is 0 Å². The largest absolute Gasteiger partial charge is 0.258 e. The van der Waals surface area contributed by atoms with Crippen molar-refractivity contribution >= 4 is 10.8 Å². The van der Waals surface area contributed by atoms with Crippen LogP contribution in [0.3, 0.4) is 0 Å². The van der Waals surface area contributed by atoms with Crippen LogP contribution in [0.5, 0.6) is 0 Å². The Labute approximate surface area is 135 Å². The molecule has 0 aliphatic heterocycles. The molecule has 0 heterocycles. The van der Waals surface area contributed by atoms with Crippen LogP contribution in [-0.4, -0.2) is 4.21 Å². The predicted octanol–water partition coefficient (Wildman–Crippen LogP) is 5.21. The summed E-state index contributed by atoms with van der Waals surface area (Å²) in [6.07, 6.45) is 3.54. The molecule has 0 fully saturated rings. The molecule has 22 heavy (non-hydrogen) atoms. The Kier molecular flexibility index (Phi) is 5.51. The Balaban J connectivity index is 2.33. The van der Waals surface area contributed by atoms with Gasteiger partial charge in [-0.3, -0.25) is 4.21 Å². The molecule has 0 spiro atoms. The zero-order valence-electron chi connectivity index (χ0n) is 13.2. The molecule has 114 valence electrons. The van der Waals surface area contributed by atoms with Crippen LogP contribution in [0.1, 0.15) is 32.8 Å². The SMILES string of the molecule is C=CC(c1ccc(C)cc1)S(=O)C(C=C)c1ccc(C)cc1. The van der Waals surface area contributed by atoms with Crippen LogP contribution in [0.15, 0.2) is 73.8 Å². The standard InChI is InChI=1S/C20H22OS/c1-5-19(17-11-7-15(3)8-12-17)22(21)20(6-2)18-13-9-16(4)10-14-18/h5-14,19-20H,1-2H2,3-4H3. The van der Waals surface area contributed by atoms with Gasteiger partial charge in [-0.05, 0) is 25.0 Å². The first-order valence-corrected chi connectivity index (χ1v) is 8.62. The molecule has 0 aliphatic rings. The molecular formula is C20H22OS. The van der Waals surface area contributed by atoms with Gasteiger partial charge in [-0.2, -0.15) is 0 Å². The fraction of sp³-hybridized carbons (Fsp3) is 0.200. The third-order valence-electron chi connectivity index (χ3n) is 3.74. The van der Waals surface area contributed by atoms with Gasteiger partial charge in [-0.1, -0.05) is 71.8 Å². The molecule has 0 N–H and O–H groups in total. The summed E-state index contributed by atoms with van der Waals surface area (Å²) in [6.45, 7) is 11.8. The normalized spacial score (nSPS) is 14.8. The fourth-order valence-electron chi connectivity index (χ4n) is 2.40. The van der Waals surface area contributed by atoms with E-state index < -0.39 is 10.8 Å². The summed E-state index contributed by atoms with van der Waals surface area (Å²) in [5, 5.41) is -0.408. The lowest BCUT2D eigenvalue weighted by atomic mass is 10.1. The minimum atomic E-state index is -1.15. The van der Waals surface area contributed by atoms with Crippen LogP contribution < -0.4 is 0 Å². The highest BCUT2D eigenvalue weighted by Crippen LogP contribution is 2.32. The molecule has 0 amide bonds. The zero-order chi connectivity index (χ0) is 16.1. The average molecular weight is 310 g/mol. The Hall–Kier alpha value is -1.93. The summed E-state index contributed by atoms with van der Waals surface area (Å²) in [6, 6.07) is 16.2. The molecular weight excluding hydrogens is 288 g/mol. The van der Waals surface area contributed by atoms with Gasteiger partial charge in [0.25, 0.3) is 0 Å². The van der Waals surface area contributed by atoms with Crippen molar-refractivity contribution in [3.63, 3.8) is 0 Å². The summed E-state index contributed by atoms with van der Waals surface area (Å²) in [5.41, 5.74) is 4.43. The van der Waals surface area contributed by atoms with Gasteiger partial charge in [0.15, 0.2) is 0 Å². The maximum atomic E-state index is 13.0. The van der Waals surface area contributed by atoms with Crippen molar-refractivity contribution in [3.05, 3.63) is 96.1 Å². The van der Waals surface area contributed by atoms with Crippen molar-refractivity contribution in [1.29, 1.82) is 0 Å². The Morgan fingerprint density at radius 3 is 1.36 bits per heavy atom. The molecule has 2 rings (SSSR count). The van der Waals surface area contributed by atoms with Gasteiger partial charge in [-0.25, -0.2) is 0 Å². The van der Waals surface area contributed by atoms with E-state index in [1.54, 1.807) is 12.2 Å². The van der Waals surface area contributed by atoms with Crippen molar-refractivity contribution in [2.75, 3.05) is 0 Å². The smallest absolute Gasteiger partial charge is 0.0784 e. The molecule has 2 aromatic carbocycles. The molecule has 0 saturated carbocycles. The van der Waals surface area contributed by atoms with E-state index >= 15 is 0 Å². The van der Waals surface area contributed by atoms with Crippen LogP contribution in [0.25, 0.3) is 0 Å². The minimum absolute atomic E-state index is 0.204. The third kappa shape index (κ3) is 3.63. The third-order valence-corrected chi connectivity index (χ3v) is 5.67. The molecule has 2 atom stereocenters. The highest BCUT2D eigenvalue weighted by Gasteiger charge is 2.23. The number of benzene rings is 2. The Bertz CT molecular complexity index is 608. The van der Waals surface area contributed by atoms with E-state index in [1.165, 1.54) is 11.1 Å². The van der Waals surface area contributed by atoms with Gasteiger partial charge in [0.2, 0.25) is 0 Å². The first-order valence-electron chi connectivity index (χ1n) is 7.34. The first kappa shape index (κ1) is 16.4. The monoisotopic (exact) mass is 310 g/mol. The summed E-state index contributed by atoms with van der Waals surface area (Å²) in [5.74, 6) is 0. The average Bonchev–Trinajstić information content (AvgIpc) is 2.52. The summed E-state index contributed by atoms with van der Waals surface area (Å²) in [7, 11) is -1.15. The highest BCUT2D eigenvalue weighted by molar-refractivity contribution is 7.85. The van der Waals surface area contributed by atoms with Crippen molar-refractivity contribution in [2.24, 2.45) is 0 Å². The van der Waals surface area contributed by atoms with Gasteiger partial charge in [-0.15, -0.1) is 13.2 Å². The van der Waals surface area contributed by atoms with Crippen molar-refractivity contribution in [1.82, 2.24) is 0 Å². The molecule has 2 heteroatoms. The van der Waals surface area contributed by atoms with E-state index in [9.17, 15) is 4.21 Å². The van der Waals surface area contributed by atoms with E-state index in [0.717, 1.165) is 11.1 Å². The zero-order valence-corrected chi connectivity index (χ0v) is 14.0. The molecule has 0 bridgehead atoms. The first-order chi connectivity index (χ1) is 10.6. The number of hydrogen-bond donors (Lipinski definition) is 0. The lowest BCUT2D eigenvalue weighted by Gasteiger charge is -2.20. The van der Waals surface area contributed by atoms with Gasteiger partial charge in [0.05, 0.1) is 10.5 Å². The summed E-state index contributed by atoms with van der Waals surface area (Å²) >= 11 is 0. The Morgan fingerprint density at radius 2 is 1.09 bits per heavy atom. The van der Waals surface area contributed by atoms with Crippen LogP contribution in [-0.2, 0) is 10.8 Å². The second-order valence-corrected chi connectivity index (χ2v) is 7.14. The quantitative estimate of drug-likeness (QED) is 0.670. The topological polar surface area (TPSA) is 17.1 Å². The van der Waals surface area contributed by atoms with E-state index in [4.69, 9.17) is 0 Å². The van der Waals surface area contributed by atoms with E-state index in [0.29, 0.717) is 0 Å². The summed E-state index contributed by atoms with van der Waals surface area (Å²) < 4.78 is 13.0. The lowest BCUT2D eigenvalue weighted by molar-refractivity contribution is 0.675. The molecule has 1 nitrogen and oxygen atoms in total. The van der Waals surface area contributed by atoms with Crippen LogP contribution in [0, 0.1) is 13.8 Å². The molecule has 0 radical (unpaired) electrons. The van der Waals surface area contributed by atoms with Gasteiger partial charge >= 0.3 is 0 Å². The van der Waals surface area contributed by atoms with Crippen LogP contribution in [0.4, 0.5) is 0 Å². The molecule has 2 unspecified atom stereocenters. The second kappa shape index (κ2) is 7.37. The molecule has 2 aromatic rings. The minimum Gasteiger partial charge on any atom is -0.258 e. The van der Waals surface area contributed by atoms with E-state index in [1.807, 2.05) is 62.4 Å². The van der Waals surface area contributed by atoms with Gasteiger partial charge in [0.1, 0.15) is 0 Å². The number of rotatable bonds is 6. The second-order valence-electron chi connectivity index (χ2n) is 5.46. The van der Waals surface area contributed by atoms with E-state index in [2.05, 4.69) is 13.2 Å². The maximum absolute atomic E-state index is 13.0. The Morgan fingerprint density at radius 1 is 0.773 bits per heavy atom. The van der Waals surface area contributed by atoms with Crippen molar-refractivity contribution in [3.8, 4) is 0 Å². The number of aryl methyl sites for hydroxylation is 2. The summed E-state index contributed by atoms with van der Waals surface area (Å²) in [4.78, 5) is 0. The van der Waals surface area contributed by atoms with Crippen LogP contribution >= 0.6 is 0 Å². The molecule has 0 saturated heterocycles. The fourth-order valence-corrected chi connectivity index (χ4v) is 3.95. The maximum Gasteiger partial charge on any atom is 0.0784 e. The van der Waals surface area contributed by atoms with Crippen molar-refractivity contribution in [2.45, 2.75) is 24.3 Å². The van der Waals surface area contributed by atoms with Gasteiger partial charge < -0.3 is 0 Å². The van der Waals surface area contributed by atoms with Gasteiger partial charge in [0, 0.05) is 10.8 Å². The predicted molar refractivity (Wildman–Crippen MR) is 96.4 cm³/mol. The number of hydrogen-bond acceptors (Lipinski definition) is 1. The molecule has 0 aliphatic carbocycles. The molecule has 0 aromatic heterocycles. The van der Waals surface area contributed by atoms with Crippen molar-refractivity contribution < 1.29 is 4.21 Å². The van der Waals surface area contributed by atoms with E-state index in [-0.39, 0.29) is 10.5 Å². The highest BCUT2D eigenvalue weighted by atomic mass is 32.2. The lowest BCUT2D eigenvalue weighted by Crippen LogP contribution is -2.11.